The molecule has 0 saturated carbocycles. The quantitative estimate of drug-likeness (QED) is 0.583. The second-order valence-electron chi connectivity index (χ2n) is 4.85. The zero-order valence-electron chi connectivity index (χ0n) is 12.6. The summed E-state index contributed by atoms with van der Waals surface area (Å²) in [5, 5.41) is 28.6. The second kappa shape index (κ2) is 6.49. The van der Waals surface area contributed by atoms with Crippen LogP contribution in [0.1, 0.15) is 12.5 Å². The minimum absolute atomic E-state index is 0.606. The predicted molar refractivity (Wildman–Crippen MR) is 91.7 cm³/mol. The number of hydrogen-bond donors (Lipinski definition) is 1. The molecule has 1 N–H and O–H groups in total. The molecule has 4 aromatic rings. The Labute approximate surface area is 145 Å². The highest BCUT2D eigenvalue weighted by Gasteiger charge is 2.09. The topological polar surface area (TPSA) is 93.8 Å². The average Bonchev–Trinajstić information content (AvgIpc) is 3.24. The summed E-state index contributed by atoms with van der Waals surface area (Å²) in [5.74, 6) is 0. The summed E-state index contributed by atoms with van der Waals surface area (Å²) in [4.78, 5) is 0. The molecule has 0 atom stereocenters. The van der Waals surface area contributed by atoms with Gasteiger partial charge in [-0.3, -0.25) is 0 Å². The van der Waals surface area contributed by atoms with Crippen molar-refractivity contribution in [3.05, 3.63) is 42.0 Å². The van der Waals surface area contributed by atoms with Gasteiger partial charge in [-0.15, -0.1) is 25.0 Å². The van der Waals surface area contributed by atoms with E-state index in [4.69, 9.17) is 0 Å². The lowest BCUT2D eigenvalue weighted by molar-refractivity contribution is 0.702. The molecular weight excluding hydrogens is 344 g/mol. The van der Waals surface area contributed by atoms with Gasteiger partial charge >= 0.3 is 0 Å². The number of hydrogen-bond acceptors (Lipinski definition) is 9. The van der Waals surface area contributed by atoms with Gasteiger partial charge in [-0.05, 0) is 58.4 Å². The summed E-state index contributed by atoms with van der Waals surface area (Å²) in [5.41, 5.74) is 2.90. The average molecular weight is 356 g/mol. The van der Waals surface area contributed by atoms with Gasteiger partial charge in [-0.2, -0.15) is 0 Å². The molecule has 4 rings (SSSR count). The van der Waals surface area contributed by atoms with Gasteiger partial charge in [-0.1, -0.05) is 30.4 Å². The predicted octanol–water partition coefficient (Wildman–Crippen LogP) is 2.83. The van der Waals surface area contributed by atoms with E-state index in [1.165, 1.54) is 33.3 Å². The number of rotatable bonds is 5. The summed E-state index contributed by atoms with van der Waals surface area (Å²) in [7, 11) is 0. The van der Waals surface area contributed by atoms with Crippen molar-refractivity contribution in [2.45, 2.75) is 22.7 Å². The standard InChI is InChI=1S/C14H12N8S2/c1-2-9-3-5-10(6-4-9)15-13-17-18-14(24-13)23-12-8-7-11-16-20-21-22(11)19-12/h3-8H,2H2,1H3,(H,15,17). The number of nitrogens with one attached hydrogen (secondary N) is 1. The molecule has 8 nitrogen and oxygen atoms in total. The van der Waals surface area contributed by atoms with E-state index in [0.29, 0.717) is 5.65 Å². The van der Waals surface area contributed by atoms with E-state index in [2.05, 4.69) is 55.2 Å². The maximum atomic E-state index is 4.30. The van der Waals surface area contributed by atoms with Crippen LogP contribution in [0.15, 0.2) is 45.8 Å². The van der Waals surface area contributed by atoms with E-state index in [0.717, 1.165) is 26.6 Å². The number of tetrazole rings is 1. The van der Waals surface area contributed by atoms with Gasteiger partial charge in [0, 0.05) is 5.69 Å². The maximum Gasteiger partial charge on any atom is 0.210 e. The van der Waals surface area contributed by atoms with Crippen LogP contribution in [0.5, 0.6) is 0 Å². The molecule has 120 valence electrons. The highest BCUT2D eigenvalue weighted by Crippen LogP contribution is 2.31. The smallest absolute Gasteiger partial charge is 0.210 e. The molecule has 3 aromatic heterocycles. The molecule has 0 saturated heterocycles. The van der Waals surface area contributed by atoms with Gasteiger partial charge in [0.15, 0.2) is 9.99 Å². The number of aryl methyl sites for hydroxylation is 1. The Hall–Kier alpha value is -2.59. The molecule has 0 radical (unpaired) electrons. The zero-order chi connectivity index (χ0) is 16.4. The molecule has 1 aromatic carbocycles. The Kier molecular flexibility index (Phi) is 4.05. The van der Waals surface area contributed by atoms with Crippen molar-refractivity contribution in [3.8, 4) is 0 Å². The number of anilines is 2. The van der Waals surface area contributed by atoms with Crippen molar-refractivity contribution in [2.75, 3.05) is 5.32 Å². The Bertz CT molecular complexity index is 962. The van der Waals surface area contributed by atoms with Gasteiger partial charge < -0.3 is 5.32 Å². The normalized spacial score (nSPS) is 11.0. The van der Waals surface area contributed by atoms with Crippen LogP contribution >= 0.6 is 23.1 Å². The minimum atomic E-state index is 0.606. The molecule has 24 heavy (non-hydrogen) atoms. The molecule has 0 aliphatic rings. The first-order valence-corrected chi connectivity index (χ1v) is 8.86. The summed E-state index contributed by atoms with van der Waals surface area (Å²) in [6.45, 7) is 2.14. The molecular formula is C14H12N8S2. The molecule has 0 bridgehead atoms. The third-order valence-electron chi connectivity index (χ3n) is 3.26. The first-order valence-electron chi connectivity index (χ1n) is 7.23. The largest absolute Gasteiger partial charge is 0.330 e. The lowest BCUT2D eigenvalue weighted by atomic mass is 10.1. The molecule has 0 spiro atoms. The number of nitrogens with zero attached hydrogens (tertiary/aromatic N) is 7. The Balaban J connectivity index is 1.47. The first kappa shape index (κ1) is 15.0. The van der Waals surface area contributed by atoms with Crippen molar-refractivity contribution in [3.63, 3.8) is 0 Å². The van der Waals surface area contributed by atoms with Gasteiger partial charge in [0.1, 0.15) is 5.03 Å². The molecule has 10 heteroatoms. The van der Waals surface area contributed by atoms with Crippen LogP contribution in [0.2, 0.25) is 0 Å². The minimum Gasteiger partial charge on any atom is -0.330 e. The van der Waals surface area contributed by atoms with Crippen molar-refractivity contribution in [2.24, 2.45) is 0 Å². The Morgan fingerprint density at radius 3 is 2.79 bits per heavy atom. The molecule has 0 aliphatic carbocycles. The van der Waals surface area contributed by atoms with Gasteiger partial charge in [-0.25, -0.2) is 0 Å². The number of benzene rings is 1. The second-order valence-corrected chi connectivity index (χ2v) is 7.09. The molecule has 0 aliphatic heterocycles. The lowest BCUT2D eigenvalue weighted by Gasteiger charge is -2.02. The Morgan fingerprint density at radius 2 is 1.96 bits per heavy atom. The monoisotopic (exact) mass is 356 g/mol. The number of fused-ring (bicyclic) bond motifs is 1. The van der Waals surface area contributed by atoms with Crippen LogP contribution in [0.3, 0.4) is 0 Å². The Morgan fingerprint density at radius 1 is 1.08 bits per heavy atom. The molecule has 0 fully saturated rings. The van der Waals surface area contributed by atoms with Crippen molar-refractivity contribution in [1.82, 2.24) is 35.5 Å². The summed E-state index contributed by atoms with van der Waals surface area (Å²) in [6, 6.07) is 12.0. The van der Waals surface area contributed by atoms with E-state index >= 15 is 0 Å². The van der Waals surface area contributed by atoms with Crippen molar-refractivity contribution >= 4 is 39.6 Å². The van der Waals surface area contributed by atoms with Crippen LogP contribution in [0, 0.1) is 0 Å². The van der Waals surface area contributed by atoms with Crippen molar-refractivity contribution < 1.29 is 0 Å². The SMILES string of the molecule is CCc1ccc(Nc2nnc(Sc3ccc4nnnn4n3)s2)cc1. The van der Waals surface area contributed by atoms with Crippen LogP contribution in [0.25, 0.3) is 5.65 Å². The fourth-order valence-corrected chi connectivity index (χ4v) is 3.70. The maximum absolute atomic E-state index is 4.30. The van der Waals surface area contributed by atoms with Gasteiger partial charge in [0.05, 0.1) is 0 Å². The molecule has 0 amide bonds. The first-order chi connectivity index (χ1) is 11.8. The third kappa shape index (κ3) is 3.19. The number of aromatic nitrogens is 7. The van der Waals surface area contributed by atoms with E-state index < -0.39 is 0 Å². The van der Waals surface area contributed by atoms with Crippen LogP contribution in [-0.4, -0.2) is 35.5 Å². The lowest BCUT2D eigenvalue weighted by Crippen LogP contribution is -1.94. The fourth-order valence-electron chi connectivity index (χ4n) is 2.03. The van der Waals surface area contributed by atoms with E-state index in [-0.39, 0.29) is 0 Å². The van der Waals surface area contributed by atoms with E-state index in [1.807, 2.05) is 24.3 Å². The zero-order valence-corrected chi connectivity index (χ0v) is 14.3. The van der Waals surface area contributed by atoms with Crippen LogP contribution < -0.4 is 5.32 Å². The van der Waals surface area contributed by atoms with Crippen LogP contribution in [-0.2, 0) is 6.42 Å². The summed E-state index contributed by atoms with van der Waals surface area (Å²) < 4.78 is 2.18. The third-order valence-corrected chi connectivity index (χ3v) is 5.07. The summed E-state index contributed by atoms with van der Waals surface area (Å²) >= 11 is 2.89. The molecule has 3 heterocycles. The molecule has 0 unspecified atom stereocenters. The van der Waals surface area contributed by atoms with E-state index in [1.54, 1.807) is 0 Å². The highest BCUT2D eigenvalue weighted by atomic mass is 32.2. The van der Waals surface area contributed by atoms with Crippen LogP contribution in [0.4, 0.5) is 10.8 Å². The van der Waals surface area contributed by atoms with Gasteiger partial charge in [0.25, 0.3) is 0 Å². The van der Waals surface area contributed by atoms with Crippen molar-refractivity contribution in [1.29, 1.82) is 0 Å². The summed E-state index contributed by atoms with van der Waals surface area (Å²) in [6.07, 6.45) is 1.03. The van der Waals surface area contributed by atoms with Gasteiger partial charge in [0.2, 0.25) is 5.13 Å². The van der Waals surface area contributed by atoms with E-state index in [9.17, 15) is 0 Å². The fraction of sp³-hybridized carbons (Fsp3) is 0.143. The highest BCUT2D eigenvalue weighted by molar-refractivity contribution is 8.01.